The minimum atomic E-state index is -0.454. The summed E-state index contributed by atoms with van der Waals surface area (Å²) in [5, 5.41) is 11.1. The summed E-state index contributed by atoms with van der Waals surface area (Å²) in [7, 11) is 0. The number of benzene rings is 1. The highest BCUT2D eigenvalue weighted by Crippen LogP contribution is 2.09. The Labute approximate surface area is 83.8 Å². The second kappa shape index (κ2) is 4.77. The molecule has 0 bridgehead atoms. The Morgan fingerprint density at radius 1 is 1.36 bits per heavy atom. The lowest BCUT2D eigenvalue weighted by Gasteiger charge is -2.06. The van der Waals surface area contributed by atoms with Crippen molar-refractivity contribution in [1.29, 1.82) is 0 Å². The van der Waals surface area contributed by atoms with Crippen molar-refractivity contribution < 1.29 is 9.90 Å². The largest absolute Gasteiger partial charge is 0.387 e. The van der Waals surface area contributed by atoms with Gasteiger partial charge < -0.3 is 10.4 Å². The highest BCUT2D eigenvalue weighted by Gasteiger charge is 1.99. The monoisotopic (exact) mass is 193 g/mol. The average Bonchev–Trinajstić information content (AvgIpc) is 2.19. The molecule has 14 heavy (non-hydrogen) atoms. The lowest BCUT2D eigenvalue weighted by molar-refractivity contribution is -0.123. The van der Waals surface area contributed by atoms with Crippen LogP contribution in [0.5, 0.6) is 0 Å². The number of hydrogen-bond acceptors (Lipinski definition) is 2. The van der Waals surface area contributed by atoms with E-state index in [1.807, 2.05) is 32.0 Å². The fraction of sp³-hybridized carbons (Fsp3) is 0.364. The molecular formula is C11H15NO2. The Hall–Kier alpha value is -1.35. The van der Waals surface area contributed by atoms with Crippen molar-refractivity contribution >= 4 is 5.91 Å². The zero-order chi connectivity index (χ0) is 10.6. The average molecular weight is 193 g/mol. The second-order valence-electron chi connectivity index (χ2n) is 3.35. The molecule has 3 heteroatoms. The molecule has 0 fully saturated rings. The zero-order valence-electron chi connectivity index (χ0n) is 8.50. The molecule has 0 radical (unpaired) electrons. The molecular weight excluding hydrogens is 178 g/mol. The van der Waals surface area contributed by atoms with Crippen molar-refractivity contribution in [3.05, 3.63) is 34.9 Å². The first kappa shape index (κ1) is 10.7. The van der Waals surface area contributed by atoms with Gasteiger partial charge in [-0.2, -0.15) is 0 Å². The molecule has 3 nitrogen and oxygen atoms in total. The molecule has 1 rings (SSSR count). The molecule has 0 aliphatic carbocycles. The van der Waals surface area contributed by atoms with E-state index in [0.29, 0.717) is 6.54 Å². The third-order valence-electron chi connectivity index (χ3n) is 2.20. The van der Waals surface area contributed by atoms with Gasteiger partial charge in [-0.3, -0.25) is 4.79 Å². The predicted octanol–water partition coefficient (Wildman–Crippen LogP) is 0.912. The van der Waals surface area contributed by atoms with Crippen LogP contribution in [0, 0.1) is 13.8 Å². The van der Waals surface area contributed by atoms with Crippen LogP contribution in [-0.4, -0.2) is 17.6 Å². The zero-order valence-corrected chi connectivity index (χ0v) is 8.50. The maximum Gasteiger partial charge on any atom is 0.245 e. The highest BCUT2D eigenvalue weighted by atomic mass is 16.3. The van der Waals surface area contributed by atoms with Crippen LogP contribution in [-0.2, 0) is 11.3 Å². The molecule has 0 unspecified atom stereocenters. The van der Waals surface area contributed by atoms with E-state index < -0.39 is 6.61 Å². The number of rotatable bonds is 3. The first-order valence-corrected chi connectivity index (χ1v) is 4.57. The Bertz CT molecular complexity index is 334. The van der Waals surface area contributed by atoms with E-state index in [4.69, 9.17) is 5.11 Å². The third kappa shape index (κ3) is 2.85. The molecule has 0 spiro atoms. The van der Waals surface area contributed by atoms with E-state index in [9.17, 15) is 4.79 Å². The van der Waals surface area contributed by atoms with Gasteiger partial charge in [-0.1, -0.05) is 18.2 Å². The maximum absolute atomic E-state index is 10.8. The number of carbonyl (C=O) groups excluding carboxylic acids is 1. The van der Waals surface area contributed by atoms with Gasteiger partial charge in [-0.15, -0.1) is 0 Å². The van der Waals surface area contributed by atoms with Crippen molar-refractivity contribution in [3.63, 3.8) is 0 Å². The predicted molar refractivity (Wildman–Crippen MR) is 54.8 cm³/mol. The molecule has 1 aromatic rings. The van der Waals surface area contributed by atoms with Crippen LogP contribution in [0.15, 0.2) is 18.2 Å². The van der Waals surface area contributed by atoms with Crippen molar-refractivity contribution in [2.75, 3.05) is 6.61 Å². The van der Waals surface area contributed by atoms with E-state index >= 15 is 0 Å². The normalized spacial score (nSPS) is 9.93. The SMILES string of the molecule is Cc1ccc(CNC(=O)CO)cc1C. The number of aliphatic hydroxyl groups excluding tert-OH is 1. The van der Waals surface area contributed by atoms with Crippen LogP contribution in [0.3, 0.4) is 0 Å². The fourth-order valence-corrected chi connectivity index (χ4v) is 1.17. The maximum atomic E-state index is 10.8. The Morgan fingerprint density at radius 3 is 2.64 bits per heavy atom. The smallest absolute Gasteiger partial charge is 0.245 e. The first-order valence-electron chi connectivity index (χ1n) is 4.57. The van der Waals surface area contributed by atoms with Crippen molar-refractivity contribution in [1.82, 2.24) is 5.32 Å². The van der Waals surface area contributed by atoms with Gasteiger partial charge in [0.15, 0.2) is 0 Å². The number of hydrogen-bond donors (Lipinski definition) is 2. The van der Waals surface area contributed by atoms with Gasteiger partial charge >= 0.3 is 0 Å². The first-order chi connectivity index (χ1) is 6.63. The van der Waals surface area contributed by atoms with Crippen LogP contribution in [0.25, 0.3) is 0 Å². The van der Waals surface area contributed by atoms with Gasteiger partial charge in [0.25, 0.3) is 0 Å². The standard InChI is InChI=1S/C11H15NO2/c1-8-3-4-10(5-9(8)2)6-12-11(14)7-13/h3-5,13H,6-7H2,1-2H3,(H,12,14). The van der Waals surface area contributed by atoms with Gasteiger partial charge in [0.05, 0.1) is 0 Å². The lowest BCUT2D eigenvalue weighted by atomic mass is 10.1. The van der Waals surface area contributed by atoms with Gasteiger partial charge in [-0.05, 0) is 30.5 Å². The van der Waals surface area contributed by atoms with Gasteiger partial charge in [0.2, 0.25) is 5.91 Å². The summed E-state index contributed by atoms with van der Waals surface area (Å²) in [4.78, 5) is 10.8. The molecule has 0 aromatic heterocycles. The molecule has 0 heterocycles. The summed E-state index contributed by atoms with van der Waals surface area (Å²) in [6.45, 7) is 4.10. The minimum absolute atomic E-state index is 0.344. The van der Waals surface area contributed by atoms with Crippen molar-refractivity contribution in [3.8, 4) is 0 Å². The van der Waals surface area contributed by atoms with Gasteiger partial charge in [-0.25, -0.2) is 0 Å². The number of amides is 1. The second-order valence-corrected chi connectivity index (χ2v) is 3.35. The van der Waals surface area contributed by atoms with Gasteiger partial charge in [0, 0.05) is 6.54 Å². The summed E-state index contributed by atoms with van der Waals surface area (Å²) in [5.41, 5.74) is 3.50. The van der Waals surface area contributed by atoms with Gasteiger partial charge in [0.1, 0.15) is 6.61 Å². The summed E-state index contributed by atoms with van der Waals surface area (Å²) in [5.74, 6) is -0.344. The van der Waals surface area contributed by atoms with Crippen molar-refractivity contribution in [2.24, 2.45) is 0 Å². The molecule has 0 aliphatic heterocycles. The quantitative estimate of drug-likeness (QED) is 0.749. The van der Waals surface area contributed by atoms with E-state index in [-0.39, 0.29) is 5.91 Å². The molecule has 0 saturated carbocycles. The van der Waals surface area contributed by atoms with Crippen LogP contribution < -0.4 is 5.32 Å². The molecule has 1 amide bonds. The van der Waals surface area contributed by atoms with E-state index in [2.05, 4.69) is 5.32 Å². The molecule has 1 aromatic carbocycles. The van der Waals surface area contributed by atoms with E-state index in [0.717, 1.165) is 5.56 Å². The number of carbonyl (C=O) groups is 1. The summed E-state index contributed by atoms with van der Waals surface area (Å²) in [6, 6.07) is 6.03. The molecule has 0 aliphatic rings. The third-order valence-corrected chi connectivity index (χ3v) is 2.20. The van der Waals surface area contributed by atoms with E-state index in [1.165, 1.54) is 11.1 Å². The van der Waals surface area contributed by atoms with Crippen LogP contribution in [0.2, 0.25) is 0 Å². The minimum Gasteiger partial charge on any atom is -0.387 e. The molecule has 2 N–H and O–H groups in total. The van der Waals surface area contributed by atoms with Crippen LogP contribution in [0.4, 0.5) is 0 Å². The molecule has 0 saturated heterocycles. The summed E-state index contributed by atoms with van der Waals surface area (Å²) in [6.07, 6.45) is 0. The van der Waals surface area contributed by atoms with E-state index in [1.54, 1.807) is 0 Å². The topological polar surface area (TPSA) is 49.3 Å². The number of aliphatic hydroxyl groups is 1. The molecule has 76 valence electrons. The summed E-state index contributed by atoms with van der Waals surface area (Å²) >= 11 is 0. The Balaban J connectivity index is 2.60. The lowest BCUT2D eigenvalue weighted by Crippen LogP contribution is -2.25. The number of nitrogens with one attached hydrogen (secondary N) is 1. The Kier molecular flexibility index (Phi) is 3.65. The highest BCUT2D eigenvalue weighted by molar-refractivity contribution is 5.76. The van der Waals surface area contributed by atoms with Crippen LogP contribution >= 0.6 is 0 Å². The fourth-order valence-electron chi connectivity index (χ4n) is 1.17. The Morgan fingerprint density at radius 2 is 2.07 bits per heavy atom. The van der Waals surface area contributed by atoms with Crippen molar-refractivity contribution in [2.45, 2.75) is 20.4 Å². The number of aryl methyl sites for hydroxylation is 2. The molecule has 0 atom stereocenters. The van der Waals surface area contributed by atoms with Crippen LogP contribution in [0.1, 0.15) is 16.7 Å². The summed E-state index contributed by atoms with van der Waals surface area (Å²) < 4.78 is 0.